The summed E-state index contributed by atoms with van der Waals surface area (Å²) in [5.41, 5.74) is 4.78. The molecule has 8 nitrogen and oxygen atoms in total. The highest BCUT2D eigenvalue weighted by molar-refractivity contribution is 7.88. The molecule has 2 unspecified atom stereocenters. The Morgan fingerprint density at radius 1 is 0.510 bits per heavy atom. The van der Waals surface area contributed by atoms with E-state index in [1.807, 2.05) is 65.8 Å². The average molecular weight is 729 g/mol. The highest BCUT2D eigenvalue weighted by Crippen LogP contribution is 2.50. The summed E-state index contributed by atoms with van der Waals surface area (Å²) in [6.07, 6.45) is -0.628. The van der Waals surface area contributed by atoms with E-state index >= 15 is 0 Å². The minimum atomic E-state index is -3.70. The third kappa shape index (κ3) is 9.49. The van der Waals surface area contributed by atoms with Gasteiger partial charge < -0.3 is 18.6 Å². The first-order chi connectivity index (χ1) is 24.2. The molecule has 0 N–H and O–H groups in total. The molecule has 0 amide bonds. The molecule has 0 aliphatic carbocycles. The van der Waals surface area contributed by atoms with Gasteiger partial charge in [-0.15, -0.1) is 0 Å². The molecule has 0 aromatic heterocycles. The summed E-state index contributed by atoms with van der Waals surface area (Å²) in [6.45, 7) is 11.0. The highest BCUT2D eigenvalue weighted by atomic mass is 31.2. The second-order valence-electron chi connectivity index (χ2n) is 13.0. The summed E-state index contributed by atoms with van der Waals surface area (Å²) in [5, 5.41) is 0.772. The first-order valence-electron chi connectivity index (χ1n) is 17.0. The number of hydrogen-bond acceptors (Lipinski definition) is 8. The predicted octanol–water partition coefficient (Wildman–Crippen LogP) is 8.15. The Labute approximate surface area is 300 Å². The van der Waals surface area contributed by atoms with Crippen LogP contribution in [0.25, 0.3) is 0 Å². The lowest BCUT2D eigenvalue weighted by Crippen LogP contribution is -2.20. The smallest absolute Gasteiger partial charge is 0.306 e. The van der Waals surface area contributed by atoms with Gasteiger partial charge in [0.1, 0.15) is 0 Å². The molecular weight excluding hydrogens is 682 g/mol. The van der Waals surface area contributed by atoms with E-state index in [9.17, 15) is 28.3 Å². The second-order valence-corrected chi connectivity index (χ2v) is 18.7. The molecule has 2 atom stereocenters. The van der Waals surface area contributed by atoms with Gasteiger partial charge in [0.2, 0.25) is 11.0 Å². The number of benzene rings is 4. The van der Waals surface area contributed by atoms with Gasteiger partial charge in [-0.3, -0.25) is 19.2 Å². The van der Waals surface area contributed by atoms with Crippen LogP contribution < -0.4 is 10.6 Å². The first kappa shape index (κ1) is 39.4. The van der Waals surface area contributed by atoms with E-state index in [2.05, 4.69) is 0 Å². The van der Waals surface area contributed by atoms with Gasteiger partial charge in [0, 0.05) is 40.5 Å². The number of carbonyl (C=O) groups is 4. The van der Waals surface area contributed by atoms with Gasteiger partial charge in [-0.2, -0.15) is 0 Å². The van der Waals surface area contributed by atoms with Crippen LogP contribution in [0.1, 0.15) is 73.4 Å². The van der Waals surface area contributed by atoms with Gasteiger partial charge in [-0.05, 0) is 63.8 Å². The summed E-state index contributed by atoms with van der Waals surface area (Å²) in [7, 11) is -7.40. The quantitative estimate of drug-likeness (QED) is 0.0644. The zero-order chi connectivity index (χ0) is 37.3. The molecule has 4 rings (SSSR count). The van der Waals surface area contributed by atoms with Crippen molar-refractivity contribution >= 4 is 47.9 Å². The van der Waals surface area contributed by atoms with E-state index in [0.717, 1.165) is 33.4 Å². The summed E-state index contributed by atoms with van der Waals surface area (Å²) in [5.74, 6) is -1.24. The maximum Gasteiger partial charge on any atom is 0.306 e. The average Bonchev–Trinajstić information content (AvgIpc) is 3.09. The molecule has 0 radical (unpaired) electrons. The Balaban J connectivity index is 1.32. The predicted molar refractivity (Wildman–Crippen MR) is 203 cm³/mol. The number of hydrogen-bond donors (Lipinski definition) is 0. The van der Waals surface area contributed by atoms with Gasteiger partial charge >= 0.3 is 11.9 Å². The van der Waals surface area contributed by atoms with Crippen LogP contribution in [-0.2, 0) is 28.2 Å². The van der Waals surface area contributed by atoms with Crippen LogP contribution in [0, 0.1) is 41.5 Å². The lowest BCUT2D eigenvalue weighted by Gasteiger charge is -2.20. The van der Waals surface area contributed by atoms with Crippen LogP contribution in [0.4, 0.5) is 0 Å². The second kappa shape index (κ2) is 17.2. The van der Waals surface area contributed by atoms with Crippen molar-refractivity contribution in [2.75, 3.05) is 25.5 Å². The number of rotatable bonds is 16. The molecule has 10 heteroatoms. The minimum absolute atomic E-state index is 0.0567. The molecule has 0 aliphatic rings. The van der Waals surface area contributed by atoms with Crippen LogP contribution in [0.5, 0.6) is 0 Å². The van der Waals surface area contributed by atoms with Gasteiger partial charge in [-0.1, -0.05) is 96.1 Å². The molecule has 0 saturated heterocycles. The fraction of sp³-hybridized carbons (Fsp3) is 0.317. The van der Waals surface area contributed by atoms with Crippen LogP contribution in [0.2, 0.25) is 0 Å². The van der Waals surface area contributed by atoms with Crippen molar-refractivity contribution in [3.8, 4) is 0 Å². The van der Waals surface area contributed by atoms with Crippen LogP contribution in [0.15, 0.2) is 84.9 Å². The number of esters is 2. The maximum atomic E-state index is 14.4. The normalized spacial score (nSPS) is 13.5. The van der Waals surface area contributed by atoms with E-state index in [0.29, 0.717) is 21.7 Å². The van der Waals surface area contributed by atoms with Crippen molar-refractivity contribution in [3.63, 3.8) is 0 Å². The van der Waals surface area contributed by atoms with Gasteiger partial charge in [0.15, 0.2) is 14.3 Å². The Morgan fingerprint density at radius 3 is 1.14 bits per heavy atom. The minimum Gasteiger partial charge on any atom is -0.466 e. The third-order valence-electron chi connectivity index (χ3n) is 8.86. The monoisotopic (exact) mass is 728 g/mol. The molecule has 0 bridgehead atoms. The van der Waals surface area contributed by atoms with Gasteiger partial charge in [0.05, 0.1) is 26.1 Å². The molecule has 0 saturated carbocycles. The van der Waals surface area contributed by atoms with E-state index in [1.165, 1.54) is 0 Å². The summed E-state index contributed by atoms with van der Waals surface area (Å²) in [6, 6.07) is 24.5. The summed E-state index contributed by atoms with van der Waals surface area (Å²) >= 11 is 0. The van der Waals surface area contributed by atoms with Crippen LogP contribution in [-0.4, -0.2) is 48.5 Å². The molecule has 4 aromatic carbocycles. The molecule has 0 heterocycles. The van der Waals surface area contributed by atoms with Crippen molar-refractivity contribution in [2.24, 2.45) is 0 Å². The number of ether oxygens (including phenoxy) is 2. The van der Waals surface area contributed by atoms with Crippen molar-refractivity contribution in [3.05, 3.63) is 129 Å². The molecule has 51 heavy (non-hydrogen) atoms. The molecule has 4 aromatic rings. The Kier molecular flexibility index (Phi) is 13.3. The lowest BCUT2D eigenvalue weighted by molar-refractivity contribution is -0.145. The molecule has 0 spiro atoms. The van der Waals surface area contributed by atoms with Crippen molar-refractivity contribution in [2.45, 2.75) is 60.8 Å². The van der Waals surface area contributed by atoms with Crippen molar-refractivity contribution < 1.29 is 37.8 Å². The zero-order valence-corrected chi connectivity index (χ0v) is 32.0. The molecule has 0 aliphatic heterocycles. The summed E-state index contributed by atoms with van der Waals surface area (Å²) < 4.78 is 39.5. The zero-order valence-electron chi connectivity index (χ0n) is 30.2. The Morgan fingerprint density at radius 2 is 0.824 bits per heavy atom. The van der Waals surface area contributed by atoms with Crippen LogP contribution >= 0.6 is 14.3 Å². The number of aryl methyl sites for hydroxylation is 6. The van der Waals surface area contributed by atoms with Crippen LogP contribution in [0.3, 0.4) is 0 Å². The highest BCUT2D eigenvalue weighted by Gasteiger charge is 2.38. The standard InChI is InChI=1S/C41H46O8P2/c1-28-24-30(3)38(31(4)25-28)40(44)50(46,34-14-9-7-10-15-34)22-18-36(42)48-20-13-21-49-37(43)19-23-51(47,35-16-11-8-12-17-35)41(45)39-32(5)26-29(2)27-33(39)6/h7-12,14-17,24-27H,13,18-23H2,1-6H3. The van der Waals surface area contributed by atoms with Gasteiger partial charge in [-0.25, -0.2) is 0 Å². The van der Waals surface area contributed by atoms with Crippen molar-refractivity contribution in [1.82, 2.24) is 0 Å². The van der Waals surface area contributed by atoms with E-state index < -0.39 is 37.3 Å². The first-order valence-corrected chi connectivity index (χ1v) is 20.8. The molecular formula is C41H46O8P2. The largest absolute Gasteiger partial charge is 0.466 e. The third-order valence-corrected chi connectivity index (χ3v) is 14.6. The molecule has 268 valence electrons. The molecule has 0 fully saturated rings. The topological polar surface area (TPSA) is 121 Å². The Hall–Kier alpha value is -4.38. The van der Waals surface area contributed by atoms with E-state index in [1.54, 1.807) is 60.7 Å². The lowest BCUT2D eigenvalue weighted by atomic mass is 10.0. The fourth-order valence-corrected chi connectivity index (χ4v) is 11.6. The van der Waals surface area contributed by atoms with E-state index in [4.69, 9.17) is 9.47 Å². The summed E-state index contributed by atoms with van der Waals surface area (Å²) in [4.78, 5) is 53.1. The SMILES string of the molecule is Cc1cc(C)c(C(=O)P(=O)(CCC(=O)OCCCOC(=O)CCP(=O)(C(=O)c2c(C)cc(C)cc2C)c2ccccc2)c2ccccc2)c(C)c1. The number of carbonyl (C=O) groups excluding carboxylic acids is 4. The maximum absolute atomic E-state index is 14.4. The fourth-order valence-electron chi connectivity index (χ4n) is 6.50. The van der Waals surface area contributed by atoms with Crippen molar-refractivity contribution in [1.29, 1.82) is 0 Å². The van der Waals surface area contributed by atoms with Gasteiger partial charge in [0.25, 0.3) is 0 Å². The Bertz CT molecular complexity index is 1830. The van der Waals surface area contributed by atoms with E-state index in [-0.39, 0.29) is 44.8 Å².